The number of rotatable bonds is 6. The number of sulfone groups is 1. The molecule has 0 bridgehead atoms. The van der Waals surface area contributed by atoms with Crippen LogP contribution in [0.25, 0.3) is 0 Å². The molecule has 1 aromatic carbocycles. The number of nitrogens with zero attached hydrogens (tertiary/aromatic N) is 2. The number of anilines is 1. The molecule has 108 valence electrons. The van der Waals surface area contributed by atoms with Gasteiger partial charge in [-0.2, -0.15) is 5.10 Å². The Morgan fingerprint density at radius 3 is 2.65 bits per heavy atom. The molecule has 0 saturated heterocycles. The largest absolute Gasteiger partial charge is 0.378 e. The van der Waals surface area contributed by atoms with Crippen molar-refractivity contribution in [3.8, 4) is 0 Å². The Bertz CT molecular complexity index is 677. The van der Waals surface area contributed by atoms with E-state index in [9.17, 15) is 8.42 Å². The van der Waals surface area contributed by atoms with Crippen molar-refractivity contribution in [1.82, 2.24) is 9.78 Å². The average molecular weight is 293 g/mol. The molecule has 0 radical (unpaired) electrons. The number of aromatic nitrogens is 2. The fourth-order valence-electron chi connectivity index (χ4n) is 2.02. The van der Waals surface area contributed by atoms with Gasteiger partial charge >= 0.3 is 0 Å². The van der Waals surface area contributed by atoms with Crippen LogP contribution < -0.4 is 5.32 Å². The first-order chi connectivity index (χ1) is 9.58. The lowest BCUT2D eigenvalue weighted by Gasteiger charge is -2.12. The van der Waals surface area contributed by atoms with Gasteiger partial charge in [0.1, 0.15) is 0 Å². The lowest BCUT2D eigenvalue weighted by atomic mass is 10.3. The lowest BCUT2D eigenvalue weighted by molar-refractivity contribution is 0.597. The SMILES string of the molecule is CCn1nccc1CNc1ccccc1S(=O)(=O)CC. The van der Waals surface area contributed by atoms with Crippen molar-refractivity contribution in [3.05, 3.63) is 42.2 Å². The summed E-state index contributed by atoms with van der Waals surface area (Å²) in [7, 11) is -3.22. The minimum atomic E-state index is -3.22. The van der Waals surface area contributed by atoms with Gasteiger partial charge in [0.2, 0.25) is 0 Å². The quantitative estimate of drug-likeness (QED) is 0.887. The third kappa shape index (κ3) is 3.01. The minimum Gasteiger partial charge on any atom is -0.378 e. The zero-order chi connectivity index (χ0) is 14.6. The highest BCUT2D eigenvalue weighted by Gasteiger charge is 2.15. The highest BCUT2D eigenvalue weighted by Crippen LogP contribution is 2.22. The molecule has 0 unspecified atom stereocenters. The van der Waals surface area contributed by atoms with Gasteiger partial charge in [0.15, 0.2) is 9.84 Å². The van der Waals surface area contributed by atoms with Gasteiger partial charge in [-0.05, 0) is 25.1 Å². The first kappa shape index (κ1) is 14.6. The summed E-state index contributed by atoms with van der Waals surface area (Å²) in [5.74, 6) is 0.0958. The predicted octanol–water partition coefficient (Wildman–Crippen LogP) is 2.31. The van der Waals surface area contributed by atoms with Crippen molar-refractivity contribution in [2.75, 3.05) is 11.1 Å². The molecule has 2 aromatic rings. The zero-order valence-electron chi connectivity index (χ0n) is 11.7. The summed E-state index contributed by atoms with van der Waals surface area (Å²) in [5.41, 5.74) is 1.66. The minimum absolute atomic E-state index is 0.0958. The van der Waals surface area contributed by atoms with Gasteiger partial charge in [-0.1, -0.05) is 19.1 Å². The van der Waals surface area contributed by atoms with Crippen LogP contribution in [0.1, 0.15) is 19.5 Å². The van der Waals surface area contributed by atoms with Crippen LogP contribution >= 0.6 is 0 Å². The van der Waals surface area contributed by atoms with Gasteiger partial charge in [0.25, 0.3) is 0 Å². The van der Waals surface area contributed by atoms with E-state index in [1.807, 2.05) is 23.7 Å². The van der Waals surface area contributed by atoms with E-state index in [1.165, 1.54) is 0 Å². The van der Waals surface area contributed by atoms with Crippen molar-refractivity contribution in [1.29, 1.82) is 0 Å². The summed E-state index contributed by atoms with van der Waals surface area (Å²) in [6.07, 6.45) is 1.75. The van der Waals surface area contributed by atoms with Gasteiger partial charge in [-0.15, -0.1) is 0 Å². The molecule has 5 nitrogen and oxygen atoms in total. The maximum absolute atomic E-state index is 12.0. The fraction of sp³-hybridized carbons (Fsp3) is 0.357. The van der Waals surface area contributed by atoms with Crippen LogP contribution in [-0.2, 0) is 22.9 Å². The molecule has 0 saturated carbocycles. The Hall–Kier alpha value is -1.82. The molecule has 0 fully saturated rings. The van der Waals surface area contributed by atoms with E-state index in [-0.39, 0.29) is 5.75 Å². The van der Waals surface area contributed by atoms with Crippen LogP contribution in [0.15, 0.2) is 41.4 Å². The molecule has 1 N–H and O–H groups in total. The normalized spacial score (nSPS) is 11.5. The topological polar surface area (TPSA) is 64.0 Å². The van der Waals surface area contributed by atoms with Gasteiger partial charge in [-0.3, -0.25) is 4.68 Å². The van der Waals surface area contributed by atoms with Crippen molar-refractivity contribution in [2.24, 2.45) is 0 Å². The van der Waals surface area contributed by atoms with Crippen LogP contribution in [0.4, 0.5) is 5.69 Å². The Morgan fingerprint density at radius 2 is 1.95 bits per heavy atom. The summed E-state index contributed by atoms with van der Waals surface area (Å²) in [6, 6.07) is 8.92. The Balaban J connectivity index is 2.23. The number of hydrogen-bond acceptors (Lipinski definition) is 4. The number of hydrogen-bond donors (Lipinski definition) is 1. The van der Waals surface area contributed by atoms with Crippen molar-refractivity contribution >= 4 is 15.5 Å². The second kappa shape index (κ2) is 6.09. The van der Waals surface area contributed by atoms with E-state index in [0.717, 1.165) is 12.2 Å². The van der Waals surface area contributed by atoms with E-state index >= 15 is 0 Å². The van der Waals surface area contributed by atoms with Crippen LogP contribution in [0, 0.1) is 0 Å². The lowest BCUT2D eigenvalue weighted by Crippen LogP contribution is -2.11. The summed E-state index contributed by atoms with van der Waals surface area (Å²) >= 11 is 0. The van der Waals surface area contributed by atoms with Crippen molar-refractivity contribution in [2.45, 2.75) is 31.8 Å². The highest BCUT2D eigenvalue weighted by atomic mass is 32.2. The maximum atomic E-state index is 12.0. The molecule has 0 aliphatic heterocycles. The summed E-state index contributed by atoms with van der Waals surface area (Å²) in [6.45, 7) is 5.01. The second-order valence-electron chi connectivity index (χ2n) is 4.39. The molecule has 0 aliphatic rings. The summed E-state index contributed by atoms with van der Waals surface area (Å²) < 4.78 is 26.0. The predicted molar refractivity (Wildman–Crippen MR) is 79.4 cm³/mol. The molecule has 0 aliphatic carbocycles. The maximum Gasteiger partial charge on any atom is 0.180 e. The molecule has 0 atom stereocenters. The third-order valence-electron chi connectivity index (χ3n) is 3.17. The van der Waals surface area contributed by atoms with Crippen LogP contribution in [0.5, 0.6) is 0 Å². The van der Waals surface area contributed by atoms with Crippen molar-refractivity contribution in [3.63, 3.8) is 0 Å². The Kier molecular flexibility index (Phi) is 4.44. The van der Waals surface area contributed by atoms with E-state index < -0.39 is 9.84 Å². The molecular weight excluding hydrogens is 274 g/mol. The van der Waals surface area contributed by atoms with Crippen LogP contribution in [0.3, 0.4) is 0 Å². The first-order valence-electron chi connectivity index (χ1n) is 6.64. The summed E-state index contributed by atoms with van der Waals surface area (Å²) in [5, 5.41) is 7.38. The summed E-state index contributed by atoms with van der Waals surface area (Å²) in [4.78, 5) is 0.352. The monoisotopic (exact) mass is 293 g/mol. The average Bonchev–Trinajstić information content (AvgIpc) is 2.93. The smallest absolute Gasteiger partial charge is 0.180 e. The molecule has 2 rings (SSSR count). The standard InChI is InChI=1S/C14H19N3O2S/c1-3-17-12(9-10-16-17)11-15-13-7-5-6-8-14(13)20(18,19)4-2/h5-10,15H,3-4,11H2,1-2H3. The molecule has 1 aromatic heterocycles. The third-order valence-corrected chi connectivity index (χ3v) is 4.95. The van der Waals surface area contributed by atoms with Gasteiger partial charge in [0, 0.05) is 12.7 Å². The van der Waals surface area contributed by atoms with Crippen molar-refractivity contribution < 1.29 is 8.42 Å². The number of para-hydroxylation sites is 1. The molecule has 20 heavy (non-hydrogen) atoms. The number of nitrogens with one attached hydrogen (secondary N) is 1. The molecule has 1 heterocycles. The highest BCUT2D eigenvalue weighted by molar-refractivity contribution is 7.91. The van der Waals surface area contributed by atoms with Gasteiger partial charge in [-0.25, -0.2) is 8.42 Å². The Labute approximate surface area is 119 Å². The molecular formula is C14H19N3O2S. The fourth-order valence-corrected chi connectivity index (χ4v) is 3.09. The van der Waals surface area contributed by atoms with E-state index in [0.29, 0.717) is 17.1 Å². The molecule has 0 amide bonds. The van der Waals surface area contributed by atoms with E-state index in [2.05, 4.69) is 10.4 Å². The molecule has 0 spiro atoms. The first-order valence-corrected chi connectivity index (χ1v) is 8.30. The van der Waals surface area contributed by atoms with Gasteiger partial charge in [0.05, 0.1) is 28.6 Å². The van der Waals surface area contributed by atoms with Crippen LogP contribution in [-0.4, -0.2) is 24.0 Å². The van der Waals surface area contributed by atoms with E-state index in [1.54, 1.807) is 31.3 Å². The second-order valence-corrected chi connectivity index (χ2v) is 6.64. The van der Waals surface area contributed by atoms with Crippen LogP contribution in [0.2, 0.25) is 0 Å². The van der Waals surface area contributed by atoms with E-state index in [4.69, 9.17) is 0 Å². The Morgan fingerprint density at radius 1 is 1.20 bits per heavy atom. The number of benzene rings is 1. The molecule has 6 heteroatoms. The van der Waals surface area contributed by atoms with Gasteiger partial charge < -0.3 is 5.32 Å². The zero-order valence-corrected chi connectivity index (χ0v) is 12.5. The number of aryl methyl sites for hydroxylation is 1.